The van der Waals surface area contributed by atoms with Gasteiger partial charge in [0, 0.05) is 0 Å². The standard InChI is InChI=1S/C12H18BrNO2/c1-2-3-4-5-6-8-7-9(14)12(16)10(13)11(8)15/h7,15-16H,2-6,14H2,1H3. The molecule has 4 heteroatoms. The molecule has 3 nitrogen and oxygen atoms in total. The summed E-state index contributed by atoms with van der Waals surface area (Å²) in [6, 6.07) is 1.64. The second-order valence-corrected chi connectivity index (χ2v) is 4.74. The molecule has 0 bridgehead atoms. The lowest BCUT2D eigenvalue weighted by Gasteiger charge is -2.10. The SMILES string of the molecule is CCCCCCc1cc(N)c(O)c(Br)c1O. The zero-order valence-electron chi connectivity index (χ0n) is 9.46. The molecule has 16 heavy (non-hydrogen) atoms. The largest absolute Gasteiger partial charge is 0.506 e. The van der Waals surface area contributed by atoms with E-state index in [0.29, 0.717) is 5.69 Å². The highest BCUT2D eigenvalue weighted by Crippen LogP contribution is 2.40. The van der Waals surface area contributed by atoms with E-state index in [2.05, 4.69) is 22.9 Å². The number of unbranched alkanes of at least 4 members (excludes halogenated alkanes) is 3. The Morgan fingerprint density at radius 1 is 1.19 bits per heavy atom. The summed E-state index contributed by atoms with van der Waals surface area (Å²) >= 11 is 3.12. The first-order chi connectivity index (χ1) is 7.57. The molecule has 0 amide bonds. The second-order valence-electron chi connectivity index (χ2n) is 3.95. The molecule has 0 spiro atoms. The average Bonchev–Trinajstić information content (AvgIpc) is 2.28. The molecular formula is C12H18BrNO2. The molecule has 0 aliphatic heterocycles. The fourth-order valence-electron chi connectivity index (χ4n) is 1.64. The van der Waals surface area contributed by atoms with E-state index in [1.165, 1.54) is 12.8 Å². The van der Waals surface area contributed by atoms with Crippen molar-refractivity contribution in [2.24, 2.45) is 0 Å². The van der Waals surface area contributed by atoms with Crippen molar-refractivity contribution >= 4 is 21.6 Å². The smallest absolute Gasteiger partial charge is 0.156 e. The molecule has 0 aliphatic carbocycles. The van der Waals surface area contributed by atoms with Gasteiger partial charge in [0.05, 0.1) is 5.69 Å². The summed E-state index contributed by atoms with van der Waals surface area (Å²) < 4.78 is 0.290. The normalized spacial score (nSPS) is 10.6. The van der Waals surface area contributed by atoms with Crippen LogP contribution >= 0.6 is 15.9 Å². The Bertz CT molecular complexity index is 367. The number of aryl methyl sites for hydroxylation is 1. The van der Waals surface area contributed by atoms with E-state index in [1.54, 1.807) is 6.07 Å². The van der Waals surface area contributed by atoms with Gasteiger partial charge in [0.25, 0.3) is 0 Å². The highest BCUT2D eigenvalue weighted by atomic mass is 79.9. The number of halogens is 1. The molecule has 90 valence electrons. The lowest BCUT2D eigenvalue weighted by Crippen LogP contribution is -1.93. The molecule has 0 saturated carbocycles. The summed E-state index contributed by atoms with van der Waals surface area (Å²) in [7, 11) is 0. The minimum absolute atomic E-state index is 0.0881. The van der Waals surface area contributed by atoms with Crippen molar-refractivity contribution in [1.29, 1.82) is 0 Å². The Kier molecular flexibility index (Phi) is 4.93. The van der Waals surface area contributed by atoms with Gasteiger partial charge >= 0.3 is 0 Å². The van der Waals surface area contributed by atoms with Crippen molar-refractivity contribution < 1.29 is 10.2 Å². The first-order valence-electron chi connectivity index (χ1n) is 5.56. The minimum Gasteiger partial charge on any atom is -0.506 e. The monoisotopic (exact) mass is 287 g/mol. The van der Waals surface area contributed by atoms with Gasteiger partial charge in [0.15, 0.2) is 5.75 Å². The third-order valence-corrected chi connectivity index (χ3v) is 3.37. The van der Waals surface area contributed by atoms with Crippen LogP contribution in [-0.4, -0.2) is 10.2 Å². The van der Waals surface area contributed by atoms with Gasteiger partial charge in [0.2, 0.25) is 0 Å². The number of nitrogen functional groups attached to an aromatic ring is 1. The molecule has 0 unspecified atom stereocenters. The van der Waals surface area contributed by atoms with Gasteiger partial charge in [-0.25, -0.2) is 0 Å². The zero-order chi connectivity index (χ0) is 12.1. The number of rotatable bonds is 5. The summed E-state index contributed by atoms with van der Waals surface area (Å²) in [5.41, 5.74) is 6.72. The van der Waals surface area contributed by atoms with Crippen molar-refractivity contribution in [3.63, 3.8) is 0 Å². The highest BCUT2D eigenvalue weighted by Gasteiger charge is 2.13. The molecule has 0 radical (unpaired) electrons. The van der Waals surface area contributed by atoms with Crippen LogP contribution in [0, 0.1) is 0 Å². The van der Waals surface area contributed by atoms with Gasteiger partial charge in [-0.15, -0.1) is 0 Å². The zero-order valence-corrected chi connectivity index (χ0v) is 11.0. The molecule has 1 aromatic rings. The third kappa shape index (κ3) is 3.04. The molecule has 0 fully saturated rings. The van der Waals surface area contributed by atoms with Gasteiger partial charge in [0.1, 0.15) is 10.2 Å². The summed E-state index contributed by atoms with van der Waals surface area (Å²) in [6.45, 7) is 2.16. The van der Waals surface area contributed by atoms with E-state index in [1.807, 2.05) is 0 Å². The van der Waals surface area contributed by atoms with Gasteiger partial charge < -0.3 is 15.9 Å². The third-order valence-electron chi connectivity index (χ3n) is 2.62. The molecule has 4 N–H and O–H groups in total. The molecule has 0 heterocycles. The number of phenols is 2. The molecule has 0 atom stereocenters. The van der Waals surface area contributed by atoms with Crippen molar-refractivity contribution in [3.05, 3.63) is 16.1 Å². The van der Waals surface area contributed by atoms with E-state index < -0.39 is 0 Å². The maximum atomic E-state index is 9.80. The Labute approximate surface area is 104 Å². The average molecular weight is 288 g/mol. The molecule has 0 saturated heterocycles. The van der Waals surface area contributed by atoms with E-state index >= 15 is 0 Å². The molecule has 1 aromatic carbocycles. The topological polar surface area (TPSA) is 66.5 Å². The minimum atomic E-state index is -0.0881. The Balaban J connectivity index is 2.73. The van der Waals surface area contributed by atoms with Gasteiger partial charge in [-0.05, 0) is 40.4 Å². The van der Waals surface area contributed by atoms with Gasteiger partial charge in [-0.3, -0.25) is 0 Å². The summed E-state index contributed by atoms with van der Waals surface area (Å²) in [4.78, 5) is 0. The molecule has 0 aliphatic rings. The van der Waals surface area contributed by atoms with Crippen LogP contribution in [0.1, 0.15) is 38.2 Å². The number of nitrogens with two attached hydrogens (primary N) is 1. The van der Waals surface area contributed by atoms with Crippen molar-refractivity contribution in [2.75, 3.05) is 5.73 Å². The van der Waals surface area contributed by atoms with E-state index in [0.717, 1.165) is 24.8 Å². The highest BCUT2D eigenvalue weighted by molar-refractivity contribution is 9.10. The molecular weight excluding hydrogens is 270 g/mol. The summed E-state index contributed by atoms with van der Waals surface area (Å²) in [6.07, 6.45) is 5.35. The summed E-state index contributed by atoms with van der Waals surface area (Å²) in [5.74, 6) is 0.0120. The lowest BCUT2D eigenvalue weighted by molar-refractivity contribution is 0.440. The van der Waals surface area contributed by atoms with Crippen molar-refractivity contribution in [1.82, 2.24) is 0 Å². The second kappa shape index (κ2) is 5.99. The number of benzene rings is 1. The van der Waals surface area contributed by atoms with Crippen LogP contribution in [0.15, 0.2) is 10.5 Å². The number of aromatic hydroxyl groups is 2. The maximum absolute atomic E-state index is 9.80. The van der Waals surface area contributed by atoms with Crippen molar-refractivity contribution in [2.45, 2.75) is 39.0 Å². The van der Waals surface area contributed by atoms with Crippen LogP contribution in [0.3, 0.4) is 0 Å². The van der Waals surface area contributed by atoms with Crippen LogP contribution in [0.4, 0.5) is 5.69 Å². The number of hydrogen-bond donors (Lipinski definition) is 3. The van der Waals surface area contributed by atoms with Crippen LogP contribution in [0.25, 0.3) is 0 Å². The first-order valence-corrected chi connectivity index (χ1v) is 6.36. The Morgan fingerprint density at radius 2 is 1.88 bits per heavy atom. The first kappa shape index (κ1) is 13.2. The molecule has 0 aromatic heterocycles. The van der Waals surface area contributed by atoms with Crippen LogP contribution in [0.5, 0.6) is 11.5 Å². The molecule has 1 rings (SSSR count). The predicted molar refractivity (Wildman–Crippen MR) is 69.7 cm³/mol. The fraction of sp³-hybridized carbons (Fsp3) is 0.500. The van der Waals surface area contributed by atoms with Crippen LogP contribution < -0.4 is 5.73 Å². The lowest BCUT2D eigenvalue weighted by atomic mass is 10.0. The van der Waals surface area contributed by atoms with E-state index in [9.17, 15) is 10.2 Å². The number of anilines is 1. The summed E-state index contributed by atoms with van der Waals surface area (Å²) in [5, 5.41) is 19.3. The fourth-order valence-corrected chi connectivity index (χ4v) is 2.12. The Morgan fingerprint density at radius 3 is 2.50 bits per heavy atom. The number of phenolic OH excluding ortho intramolecular Hbond substituents is 2. The van der Waals surface area contributed by atoms with Crippen LogP contribution in [-0.2, 0) is 6.42 Å². The number of hydrogen-bond acceptors (Lipinski definition) is 3. The Hall–Kier alpha value is -0.900. The predicted octanol–water partition coefficient (Wildman–Crippen LogP) is 3.57. The van der Waals surface area contributed by atoms with E-state index in [4.69, 9.17) is 5.73 Å². The van der Waals surface area contributed by atoms with E-state index in [-0.39, 0.29) is 16.0 Å². The maximum Gasteiger partial charge on any atom is 0.156 e. The van der Waals surface area contributed by atoms with Gasteiger partial charge in [-0.1, -0.05) is 26.2 Å². The van der Waals surface area contributed by atoms with Crippen LogP contribution in [0.2, 0.25) is 0 Å². The van der Waals surface area contributed by atoms with Crippen molar-refractivity contribution in [3.8, 4) is 11.5 Å². The van der Waals surface area contributed by atoms with Gasteiger partial charge in [-0.2, -0.15) is 0 Å². The quantitative estimate of drug-likeness (QED) is 0.336.